The quantitative estimate of drug-likeness (QED) is 0.156. The maximum absolute atomic E-state index is 13.0. The van der Waals surface area contributed by atoms with Gasteiger partial charge < -0.3 is 29.9 Å². The summed E-state index contributed by atoms with van der Waals surface area (Å²) in [6.07, 6.45) is 2.76. The maximum atomic E-state index is 13.0. The van der Waals surface area contributed by atoms with E-state index in [0.717, 1.165) is 37.7 Å². The molecule has 0 amide bonds. The molecular weight excluding hydrogens is 628 g/mol. The molecule has 6 aliphatic rings. The van der Waals surface area contributed by atoms with Crippen molar-refractivity contribution in [2.75, 3.05) is 6.61 Å². The predicted octanol–water partition coefficient (Wildman–Crippen LogP) is 4.49. The van der Waals surface area contributed by atoms with Gasteiger partial charge in [-0.3, -0.25) is 9.35 Å². The monoisotopic (exact) mass is 684 g/mol. The van der Waals surface area contributed by atoms with Crippen LogP contribution < -0.4 is 0 Å². The number of carboxylic acid groups (broad SMARTS) is 1. The second-order valence-corrected chi connectivity index (χ2v) is 18.6. The first-order valence-corrected chi connectivity index (χ1v) is 18.9. The molecule has 0 aromatic carbocycles. The standard InChI is InChI=1S/C35H56O11S/c1-19-10-15-35(29(38)39)17-16-32(5)20(27(35)34(19,7)40)8-9-23-31(4)13-12-24(30(2,3)22(31)11-14-33(23,32)6)45-28-26(46-47(41,42)43)25(37)21(36)18-44-28/h8,19,21-28,36-37,40H,9-18H2,1-7H3,(H,38,39)(H,41,42,43)/t19-,21+,22?,23-,24?,25+,26-,27?,28+,31+,32-,33-,34-,35?/m1/s1. The first-order chi connectivity index (χ1) is 21.6. The summed E-state index contributed by atoms with van der Waals surface area (Å²) in [5, 5.41) is 43.4. The Kier molecular flexibility index (Phi) is 8.50. The van der Waals surface area contributed by atoms with Crippen molar-refractivity contribution in [2.24, 2.45) is 50.7 Å². The summed E-state index contributed by atoms with van der Waals surface area (Å²) in [4.78, 5) is 13.0. The second kappa shape index (κ2) is 11.2. The van der Waals surface area contributed by atoms with Crippen LogP contribution in [0.1, 0.15) is 106 Å². The highest BCUT2D eigenvalue weighted by molar-refractivity contribution is 7.80. The molecule has 1 heterocycles. The van der Waals surface area contributed by atoms with E-state index in [1.807, 2.05) is 6.92 Å². The van der Waals surface area contributed by atoms with Crippen LogP contribution in [0.3, 0.4) is 0 Å². The van der Waals surface area contributed by atoms with Crippen molar-refractivity contribution in [3.8, 4) is 0 Å². The number of fused-ring (bicyclic) bond motifs is 7. The summed E-state index contributed by atoms with van der Waals surface area (Å²) in [5.41, 5.74) is -1.77. The summed E-state index contributed by atoms with van der Waals surface area (Å²) in [6, 6.07) is 0. The molecule has 0 bridgehead atoms. The number of carboxylic acids is 1. The number of allylic oxidation sites excluding steroid dienone is 1. The minimum absolute atomic E-state index is 0.00177. The lowest BCUT2D eigenvalue weighted by Gasteiger charge is -2.72. The highest BCUT2D eigenvalue weighted by atomic mass is 32.3. The first kappa shape index (κ1) is 35.7. The van der Waals surface area contributed by atoms with E-state index >= 15 is 0 Å². The molecule has 12 heteroatoms. The third-order valence-corrected chi connectivity index (χ3v) is 15.9. The molecule has 11 nitrogen and oxygen atoms in total. The van der Waals surface area contributed by atoms with Crippen molar-refractivity contribution in [1.29, 1.82) is 0 Å². The third kappa shape index (κ3) is 5.05. The van der Waals surface area contributed by atoms with Crippen LogP contribution >= 0.6 is 0 Å². The van der Waals surface area contributed by atoms with Gasteiger partial charge in [0.25, 0.3) is 0 Å². The van der Waals surface area contributed by atoms with Crippen molar-refractivity contribution in [3.63, 3.8) is 0 Å². The van der Waals surface area contributed by atoms with E-state index < -0.39 is 57.9 Å². The highest BCUT2D eigenvalue weighted by Crippen LogP contribution is 2.76. The average molecular weight is 685 g/mol. The van der Waals surface area contributed by atoms with Gasteiger partial charge in [-0.1, -0.05) is 53.2 Å². The molecule has 4 saturated carbocycles. The van der Waals surface area contributed by atoms with Gasteiger partial charge in [0.05, 0.1) is 23.7 Å². The highest BCUT2D eigenvalue weighted by Gasteiger charge is 2.71. The minimum Gasteiger partial charge on any atom is -0.481 e. The Balaban J connectivity index is 1.31. The van der Waals surface area contributed by atoms with Gasteiger partial charge in [-0.2, -0.15) is 8.42 Å². The van der Waals surface area contributed by atoms with Crippen LogP contribution in [0.4, 0.5) is 0 Å². The molecule has 4 unspecified atom stereocenters. The van der Waals surface area contributed by atoms with Crippen molar-refractivity contribution in [2.45, 2.75) is 143 Å². The zero-order valence-corrected chi connectivity index (χ0v) is 29.8. The summed E-state index contributed by atoms with van der Waals surface area (Å²) in [7, 11) is -4.96. The molecule has 5 N–H and O–H groups in total. The van der Waals surface area contributed by atoms with Crippen LogP contribution in [0, 0.1) is 50.7 Å². The van der Waals surface area contributed by atoms with E-state index in [9.17, 15) is 38.2 Å². The molecule has 0 radical (unpaired) electrons. The molecule has 0 spiro atoms. The Morgan fingerprint density at radius 2 is 1.64 bits per heavy atom. The largest absolute Gasteiger partial charge is 0.481 e. The van der Waals surface area contributed by atoms with Gasteiger partial charge in [-0.25, -0.2) is 4.18 Å². The average Bonchev–Trinajstić information content (AvgIpc) is 2.95. The van der Waals surface area contributed by atoms with Crippen molar-refractivity contribution < 1.29 is 51.8 Å². The molecular formula is C35H56O11S. The van der Waals surface area contributed by atoms with Gasteiger partial charge in [0.1, 0.15) is 12.2 Å². The zero-order valence-electron chi connectivity index (χ0n) is 28.9. The summed E-state index contributed by atoms with van der Waals surface area (Å²) < 4.78 is 49.4. The van der Waals surface area contributed by atoms with Gasteiger partial charge >= 0.3 is 16.4 Å². The molecule has 0 aromatic heterocycles. The molecule has 6 rings (SSSR count). The minimum atomic E-state index is -4.96. The Morgan fingerprint density at radius 3 is 2.28 bits per heavy atom. The summed E-state index contributed by atoms with van der Waals surface area (Å²) in [5.74, 6) is -0.678. The predicted molar refractivity (Wildman–Crippen MR) is 171 cm³/mol. The van der Waals surface area contributed by atoms with E-state index in [1.165, 1.54) is 0 Å². The van der Waals surface area contributed by atoms with E-state index in [1.54, 1.807) is 0 Å². The molecule has 1 saturated heterocycles. The zero-order chi connectivity index (χ0) is 34.8. The molecule has 5 aliphatic carbocycles. The number of aliphatic hydroxyl groups excluding tert-OH is 2. The van der Waals surface area contributed by atoms with Crippen molar-refractivity contribution in [1.82, 2.24) is 0 Å². The van der Waals surface area contributed by atoms with E-state index in [2.05, 4.69) is 47.6 Å². The Hall–Kier alpha value is -1.12. The fourth-order valence-electron chi connectivity index (χ4n) is 12.4. The molecule has 1 aliphatic heterocycles. The Labute approximate surface area is 279 Å². The van der Waals surface area contributed by atoms with Crippen LogP contribution in [-0.4, -0.2) is 82.3 Å². The fourth-order valence-corrected chi connectivity index (χ4v) is 12.8. The fraction of sp³-hybridized carbons (Fsp3) is 0.914. The smallest absolute Gasteiger partial charge is 0.397 e. The van der Waals surface area contributed by atoms with E-state index in [0.29, 0.717) is 31.6 Å². The Morgan fingerprint density at radius 1 is 0.957 bits per heavy atom. The molecule has 5 fully saturated rings. The van der Waals surface area contributed by atoms with Crippen LogP contribution in [-0.2, 0) is 28.9 Å². The van der Waals surface area contributed by atoms with Gasteiger partial charge in [0, 0.05) is 5.92 Å². The molecule has 14 atom stereocenters. The number of rotatable bonds is 5. The molecule has 0 aromatic rings. The summed E-state index contributed by atoms with van der Waals surface area (Å²) >= 11 is 0. The lowest BCUT2D eigenvalue weighted by atomic mass is 9.33. The van der Waals surface area contributed by atoms with E-state index in [-0.39, 0.29) is 46.2 Å². The molecule has 268 valence electrons. The van der Waals surface area contributed by atoms with Crippen LogP contribution in [0.5, 0.6) is 0 Å². The number of aliphatic hydroxyl groups is 3. The first-order valence-electron chi connectivity index (χ1n) is 17.5. The van der Waals surface area contributed by atoms with Crippen LogP contribution in [0.15, 0.2) is 11.6 Å². The lowest BCUT2D eigenvalue weighted by molar-refractivity contribution is -0.304. The summed E-state index contributed by atoms with van der Waals surface area (Å²) in [6.45, 7) is 15.1. The van der Waals surface area contributed by atoms with Gasteiger partial charge in [-0.05, 0) is 104 Å². The van der Waals surface area contributed by atoms with Crippen molar-refractivity contribution >= 4 is 16.4 Å². The maximum Gasteiger partial charge on any atom is 0.397 e. The van der Waals surface area contributed by atoms with Gasteiger partial charge in [-0.15, -0.1) is 0 Å². The normalized spacial score (nSPS) is 52.7. The lowest BCUT2D eigenvalue weighted by Crippen LogP contribution is -2.68. The Bertz CT molecular complexity index is 1410. The third-order valence-electron chi connectivity index (χ3n) is 15.4. The second-order valence-electron chi connectivity index (χ2n) is 17.6. The number of hydrogen-bond donors (Lipinski definition) is 5. The topological polar surface area (TPSA) is 180 Å². The SMILES string of the molecule is C[C@@H]1CCC2(C(=O)O)CC[C@]3(C)C(=CC[C@@H]4[C@@]5(C)CCC(O[C@@H]6OC[C@H](O)[C@H](O)[C@H]6OS(=O)(=O)O)C(C)(C)C5CC[C@]43C)C2[C@]1(C)O. The van der Waals surface area contributed by atoms with E-state index in [4.69, 9.17) is 13.7 Å². The molecule has 47 heavy (non-hydrogen) atoms. The number of aliphatic carboxylic acids is 1. The van der Waals surface area contributed by atoms with Crippen LogP contribution in [0.25, 0.3) is 0 Å². The van der Waals surface area contributed by atoms with Gasteiger partial charge in [0.2, 0.25) is 0 Å². The van der Waals surface area contributed by atoms with Crippen molar-refractivity contribution in [3.05, 3.63) is 11.6 Å². The number of carbonyl (C=O) groups is 1. The number of hydrogen-bond acceptors (Lipinski definition) is 9. The number of ether oxygens (including phenoxy) is 2. The van der Waals surface area contributed by atoms with Crippen LogP contribution in [0.2, 0.25) is 0 Å². The van der Waals surface area contributed by atoms with Gasteiger partial charge in [0.15, 0.2) is 12.4 Å².